The molecule has 0 N–H and O–H groups in total. The van der Waals surface area contributed by atoms with Crippen LogP contribution in [0.2, 0.25) is 0 Å². The van der Waals surface area contributed by atoms with Gasteiger partial charge in [0, 0.05) is 10.3 Å². The zero-order chi connectivity index (χ0) is 10.2. The summed E-state index contributed by atoms with van der Waals surface area (Å²) in [5.41, 5.74) is 0. The molecular formula is C9H8O2S3. The van der Waals surface area contributed by atoms with Crippen molar-refractivity contribution in [3.05, 3.63) is 33.8 Å². The van der Waals surface area contributed by atoms with Crippen LogP contribution in [-0.4, -0.2) is 8.42 Å². The molecule has 0 aliphatic rings. The standard InChI is InChI=1S/C9H8O2S3/c1-7-2-3-9(13-7)14(10,11)8-4-5-12-6-8/h2-6H,1H3. The van der Waals surface area contributed by atoms with Crippen LogP contribution in [0.3, 0.4) is 0 Å². The summed E-state index contributed by atoms with van der Waals surface area (Å²) in [6, 6.07) is 5.12. The fraction of sp³-hybridized carbons (Fsp3) is 0.111. The summed E-state index contributed by atoms with van der Waals surface area (Å²) in [6.45, 7) is 1.90. The molecule has 0 saturated heterocycles. The van der Waals surface area contributed by atoms with Gasteiger partial charge in [-0.1, -0.05) is 0 Å². The van der Waals surface area contributed by atoms with Crippen molar-refractivity contribution < 1.29 is 8.42 Å². The zero-order valence-electron chi connectivity index (χ0n) is 7.43. The van der Waals surface area contributed by atoms with Gasteiger partial charge in [-0.2, -0.15) is 11.3 Å². The molecule has 2 heterocycles. The summed E-state index contributed by atoms with van der Waals surface area (Å²) in [4.78, 5) is 1.41. The molecule has 0 radical (unpaired) electrons. The second-order valence-electron chi connectivity index (χ2n) is 2.83. The highest BCUT2D eigenvalue weighted by atomic mass is 32.2. The Hall–Kier alpha value is -0.650. The number of hydrogen-bond acceptors (Lipinski definition) is 4. The number of aryl methyl sites for hydroxylation is 1. The number of hydrogen-bond donors (Lipinski definition) is 0. The lowest BCUT2D eigenvalue weighted by atomic mass is 10.5. The van der Waals surface area contributed by atoms with Gasteiger partial charge in [0.2, 0.25) is 9.84 Å². The molecule has 2 aromatic rings. The van der Waals surface area contributed by atoms with Crippen molar-refractivity contribution >= 4 is 32.5 Å². The highest BCUT2D eigenvalue weighted by Gasteiger charge is 2.19. The fourth-order valence-corrected chi connectivity index (χ4v) is 4.79. The Labute approximate surface area is 90.8 Å². The van der Waals surface area contributed by atoms with Crippen molar-refractivity contribution in [1.82, 2.24) is 0 Å². The van der Waals surface area contributed by atoms with E-state index in [4.69, 9.17) is 0 Å². The Balaban J connectivity index is 2.54. The molecule has 2 rings (SSSR count). The molecule has 5 heteroatoms. The minimum absolute atomic E-state index is 0.393. The molecule has 0 aliphatic heterocycles. The lowest BCUT2D eigenvalue weighted by Gasteiger charge is -1.96. The third kappa shape index (κ3) is 1.63. The lowest BCUT2D eigenvalue weighted by molar-refractivity contribution is 0.598. The first-order valence-corrected chi connectivity index (χ1v) is 7.19. The second kappa shape index (κ2) is 3.49. The van der Waals surface area contributed by atoms with Gasteiger partial charge in [-0.25, -0.2) is 8.42 Å². The van der Waals surface area contributed by atoms with Crippen molar-refractivity contribution in [2.75, 3.05) is 0 Å². The molecule has 0 amide bonds. The Morgan fingerprint density at radius 3 is 2.50 bits per heavy atom. The summed E-state index contributed by atoms with van der Waals surface area (Å²) >= 11 is 2.70. The largest absolute Gasteiger partial charge is 0.218 e. The van der Waals surface area contributed by atoms with E-state index >= 15 is 0 Å². The maximum atomic E-state index is 11.9. The van der Waals surface area contributed by atoms with Crippen LogP contribution in [0.4, 0.5) is 0 Å². The predicted octanol–water partition coefficient (Wildman–Crippen LogP) is 2.95. The van der Waals surface area contributed by atoms with Crippen molar-refractivity contribution in [2.24, 2.45) is 0 Å². The molecule has 2 nitrogen and oxygen atoms in total. The molecule has 0 aromatic carbocycles. The normalized spacial score (nSPS) is 11.8. The number of sulfone groups is 1. The van der Waals surface area contributed by atoms with E-state index in [9.17, 15) is 8.42 Å². The van der Waals surface area contributed by atoms with Crippen LogP contribution in [0.1, 0.15) is 4.88 Å². The summed E-state index contributed by atoms with van der Waals surface area (Å²) in [7, 11) is -3.25. The molecule has 0 bridgehead atoms. The third-order valence-electron chi connectivity index (χ3n) is 1.79. The molecule has 14 heavy (non-hydrogen) atoms. The van der Waals surface area contributed by atoms with Crippen LogP contribution >= 0.6 is 22.7 Å². The van der Waals surface area contributed by atoms with Gasteiger partial charge >= 0.3 is 0 Å². The van der Waals surface area contributed by atoms with Crippen LogP contribution in [0.25, 0.3) is 0 Å². The summed E-state index contributed by atoms with van der Waals surface area (Å²) in [5, 5.41) is 3.43. The van der Waals surface area contributed by atoms with E-state index in [0.29, 0.717) is 9.10 Å². The molecule has 2 aromatic heterocycles. The summed E-state index contributed by atoms with van der Waals surface area (Å²) in [6.07, 6.45) is 0. The predicted molar refractivity (Wildman–Crippen MR) is 58.8 cm³/mol. The van der Waals surface area contributed by atoms with Gasteiger partial charge in [-0.15, -0.1) is 11.3 Å². The Kier molecular flexibility index (Phi) is 2.47. The van der Waals surface area contributed by atoms with E-state index in [1.165, 1.54) is 22.7 Å². The second-order valence-corrected chi connectivity index (χ2v) is 7.07. The van der Waals surface area contributed by atoms with Gasteiger partial charge in [0.05, 0.1) is 4.90 Å². The number of rotatable bonds is 2. The average molecular weight is 244 g/mol. The zero-order valence-corrected chi connectivity index (χ0v) is 9.88. The Bertz CT molecular complexity index is 520. The van der Waals surface area contributed by atoms with Gasteiger partial charge < -0.3 is 0 Å². The van der Waals surface area contributed by atoms with E-state index in [1.54, 1.807) is 22.9 Å². The molecule has 74 valence electrons. The van der Waals surface area contributed by atoms with Crippen molar-refractivity contribution in [3.63, 3.8) is 0 Å². The van der Waals surface area contributed by atoms with Gasteiger partial charge in [-0.05, 0) is 30.5 Å². The topological polar surface area (TPSA) is 34.1 Å². The quantitative estimate of drug-likeness (QED) is 0.814. The van der Waals surface area contributed by atoms with Gasteiger partial charge in [0.15, 0.2) is 0 Å². The molecule has 0 spiro atoms. The molecular weight excluding hydrogens is 236 g/mol. The van der Waals surface area contributed by atoms with Crippen molar-refractivity contribution in [3.8, 4) is 0 Å². The van der Waals surface area contributed by atoms with E-state index in [-0.39, 0.29) is 0 Å². The van der Waals surface area contributed by atoms with E-state index < -0.39 is 9.84 Å². The lowest BCUT2D eigenvalue weighted by Crippen LogP contribution is -1.96. The minimum Gasteiger partial charge on any atom is -0.218 e. The SMILES string of the molecule is Cc1ccc(S(=O)(=O)c2ccsc2)s1. The van der Waals surface area contributed by atoms with Crippen molar-refractivity contribution in [2.45, 2.75) is 16.0 Å². The van der Waals surface area contributed by atoms with E-state index in [1.807, 2.05) is 13.0 Å². The molecule has 0 aliphatic carbocycles. The molecule has 0 saturated carbocycles. The monoisotopic (exact) mass is 244 g/mol. The third-order valence-corrected chi connectivity index (χ3v) is 5.86. The Morgan fingerprint density at radius 1 is 1.21 bits per heavy atom. The highest BCUT2D eigenvalue weighted by Crippen LogP contribution is 2.28. The summed E-state index contributed by atoms with van der Waals surface area (Å²) < 4.78 is 24.3. The van der Waals surface area contributed by atoms with Crippen LogP contribution in [-0.2, 0) is 9.84 Å². The molecule has 0 atom stereocenters. The Morgan fingerprint density at radius 2 is 2.00 bits per heavy atom. The number of thiophene rings is 2. The first-order valence-electron chi connectivity index (χ1n) is 3.94. The molecule has 0 fully saturated rings. The van der Waals surface area contributed by atoms with Crippen molar-refractivity contribution in [1.29, 1.82) is 0 Å². The smallest absolute Gasteiger partial charge is 0.216 e. The maximum Gasteiger partial charge on any atom is 0.216 e. The maximum absolute atomic E-state index is 11.9. The van der Waals surface area contributed by atoms with Gasteiger partial charge in [0.25, 0.3) is 0 Å². The van der Waals surface area contributed by atoms with Crippen LogP contribution in [0.15, 0.2) is 38.1 Å². The first kappa shape index (κ1) is 9.89. The molecule has 0 unspecified atom stereocenters. The highest BCUT2D eigenvalue weighted by molar-refractivity contribution is 7.93. The first-order chi connectivity index (χ1) is 6.60. The van der Waals surface area contributed by atoms with Gasteiger partial charge in [0.1, 0.15) is 4.21 Å². The minimum atomic E-state index is -3.25. The van der Waals surface area contributed by atoms with Crippen LogP contribution in [0, 0.1) is 6.92 Å². The fourth-order valence-electron chi connectivity index (χ4n) is 1.08. The average Bonchev–Trinajstić information content (AvgIpc) is 2.72. The van der Waals surface area contributed by atoms with Crippen LogP contribution < -0.4 is 0 Å². The van der Waals surface area contributed by atoms with Gasteiger partial charge in [-0.3, -0.25) is 0 Å². The van der Waals surface area contributed by atoms with E-state index in [0.717, 1.165) is 4.88 Å². The van der Waals surface area contributed by atoms with E-state index in [2.05, 4.69) is 0 Å². The van der Waals surface area contributed by atoms with Crippen LogP contribution in [0.5, 0.6) is 0 Å². The summed E-state index contributed by atoms with van der Waals surface area (Å²) in [5.74, 6) is 0.